The molecule has 1 atom stereocenters. The third-order valence-corrected chi connectivity index (χ3v) is 8.96. The number of rotatable bonds is 38. The van der Waals surface area contributed by atoms with E-state index < -0.39 is 6.10 Å². The largest absolute Gasteiger partial charge is 0.462 e. The van der Waals surface area contributed by atoms with Crippen LogP contribution in [0.5, 0.6) is 0 Å². The molecule has 0 aliphatic carbocycles. The van der Waals surface area contributed by atoms with Crippen molar-refractivity contribution in [3.8, 4) is 0 Å². The lowest BCUT2D eigenvalue weighted by molar-refractivity contribution is -0.167. The van der Waals surface area contributed by atoms with Crippen molar-refractivity contribution >= 4 is 17.9 Å². The molecule has 0 N–H and O–H groups in total. The zero-order valence-electron chi connectivity index (χ0n) is 35.0. The van der Waals surface area contributed by atoms with Gasteiger partial charge in [-0.05, 0) is 77.0 Å². The monoisotopic (exact) mass is 753 g/mol. The molecular formula is C48H80O6. The molecule has 0 aliphatic rings. The summed E-state index contributed by atoms with van der Waals surface area (Å²) in [6, 6.07) is 0. The van der Waals surface area contributed by atoms with Crippen molar-refractivity contribution in [3.05, 3.63) is 72.9 Å². The van der Waals surface area contributed by atoms with Crippen molar-refractivity contribution in [2.75, 3.05) is 13.2 Å². The Kier molecular flexibility index (Phi) is 40.1. The Morgan fingerprint density at radius 2 is 0.741 bits per heavy atom. The van der Waals surface area contributed by atoms with Crippen LogP contribution in [0.15, 0.2) is 72.9 Å². The van der Waals surface area contributed by atoms with Gasteiger partial charge in [-0.2, -0.15) is 0 Å². The number of carbonyl (C=O) groups is 3. The lowest BCUT2D eigenvalue weighted by Crippen LogP contribution is -2.30. The highest BCUT2D eigenvalue weighted by atomic mass is 16.6. The molecule has 0 aromatic rings. The molecule has 0 saturated heterocycles. The summed E-state index contributed by atoms with van der Waals surface area (Å²) in [6.45, 7) is 6.31. The molecule has 1 unspecified atom stereocenters. The SMILES string of the molecule is CC/C=C\C/C=C\C/C=C\CCCCCCC(=O)OCC(COC(=O)CCCCCCCCCCCCC)OC(=O)CCC/C=C\C/C=C\C/C=C\CC. The quantitative estimate of drug-likeness (QED) is 0.0270. The summed E-state index contributed by atoms with van der Waals surface area (Å²) in [6.07, 6.45) is 51.8. The van der Waals surface area contributed by atoms with Gasteiger partial charge in [-0.15, -0.1) is 0 Å². The topological polar surface area (TPSA) is 78.9 Å². The number of hydrogen-bond acceptors (Lipinski definition) is 6. The second-order valence-electron chi connectivity index (χ2n) is 14.2. The first-order valence-electron chi connectivity index (χ1n) is 21.9. The predicted molar refractivity (Wildman–Crippen MR) is 228 cm³/mol. The standard InChI is InChI=1S/C48H80O6/c1-4-7-10-13-16-19-22-23-24-27-29-32-35-38-41-47(50)53-44-45(54-48(51)42-39-36-33-30-26-21-18-15-12-9-6-3)43-52-46(49)40-37-34-31-28-25-20-17-14-11-8-5-2/h7,9-10,12,16,18-19,21,23-24,30,33,45H,4-6,8,11,13-15,17,20,22,25-29,31-32,34-44H2,1-3H3/b10-7-,12-9-,19-16-,21-18-,24-23-,33-30-. The lowest BCUT2D eigenvalue weighted by Gasteiger charge is -2.18. The number of carbonyl (C=O) groups excluding carboxylic acids is 3. The first-order valence-corrected chi connectivity index (χ1v) is 21.9. The van der Waals surface area contributed by atoms with Crippen molar-refractivity contribution in [3.63, 3.8) is 0 Å². The van der Waals surface area contributed by atoms with E-state index in [0.29, 0.717) is 19.3 Å². The maximum absolute atomic E-state index is 12.7. The van der Waals surface area contributed by atoms with Gasteiger partial charge in [0.2, 0.25) is 0 Å². The Bertz CT molecular complexity index is 1050. The van der Waals surface area contributed by atoms with Crippen molar-refractivity contribution in [2.45, 2.75) is 200 Å². The summed E-state index contributed by atoms with van der Waals surface area (Å²) in [5.41, 5.74) is 0. The van der Waals surface area contributed by atoms with Crippen molar-refractivity contribution in [1.82, 2.24) is 0 Å². The van der Waals surface area contributed by atoms with Crippen LogP contribution >= 0.6 is 0 Å². The van der Waals surface area contributed by atoms with Crippen LogP contribution in [-0.4, -0.2) is 37.2 Å². The molecule has 54 heavy (non-hydrogen) atoms. The third kappa shape index (κ3) is 40.0. The Balaban J connectivity index is 4.48. The summed E-state index contributed by atoms with van der Waals surface area (Å²) < 4.78 is 16.6. The van der Waals surface area contributed by atoms with E-state index in [1.165, 1.54) is 51.4 Å². The summed E-state index contributed by atoms with van der Waals surface area (Å²) in [4.78, 5) is 37.6. The Hall–Kier alpha value is -3.15. The average Bonchev–Trinajstić information content (AvgIpc) is 3.17. The molecule has 0 aromatic heterocycles. The molecule has 6 heteroatoms. The second kappa shape index (κ2) is 42.6. The highest BCUT2D eigenvalue weighted by Gasteiger charge is 2.19. The summed E-state index contributed by atoms with van der Waals surface area (Å²) in [5.74, 6) is -0.989. The minimum Gasteiger partial charge on any atom is -0.462 e. The normalized spacial score (nSPS) is 12.7. The minimum absolute atomic E-state index is 0.102. The molecule has 0 rings (SSSR count). The summed E-state index contributed by atoms with van der Waals surface area (Å²) >= 11 is 0. The first kappa shape index (κ1) is 50.9. The number of ether oxygens (including phenoxy) is 3. The molecule has 0 fully saturated rings. The second-order valence-corrected chi connectivity index (χ2v) is 14.2. The molecule has 0 amide bonds. The van der Waals surface area contributed by atoms with Gasteiger partial charge in [-0.25, -0.2) is 0 Å². The molecule has 0 spiro atoms. The van der Waals surface area contributed by atoms with Gasteiger partial charge in [0.25, 0.3) is 0 Å². The summed E-state index contributed by atoms with van der Waals surface area (Å²) in [5, 5.41) is 0. The minimum atomic E-state index is -0.806. The van der Waals surface area contributed by atoms with Gasteiger partial charge in [0.15, 0.2) is 6.10 Å². The molecule has 0 aromatic carbocycles. The first-order chi connectivity index (χ1) is 26.5. The number of esters is 3. The van der Waals surface area contributed by atoms with Gasteiger partial charge >= 0.3 is 17.9 Å². The van der Waals surface area contributed by atoms with Crippen LogP contribution in [0.3, 0.4) is 0 Å². The van der Waals surface area contributed by atoms with E-state index >= 15 is 0 Å². The summed E-state index contributed by atoms with van der Waals surface area (Å²) in [7, 11) is 0. The molecule has 0 aliphatic heterocycles. The van der Waals surface area contributed by atoms with E-state index in [-0.39, 0.29) is 37.5 Å². The van der Waals surface area contributed by atoms with Gasteiger partial charge in [-0.1, -0.05) is 171 Å². The van der Waals surface area contributed by atoms with Crippen LogP contribution in [0.4, 0.5) is 0 Å². The zero-order valence-corrected chi connectivity index (χ0v) is 35.0. The van der Waals surface area contributed by atoms with Crippen molar-refractivity contribution in [1.29, 1.82) is 0 Å². The Morgan fingerprint density at radius 3 is 1.19 bits per heavy atom. The van der Waals surface area contributed by atoms with E-state index in [0.717, 1.165) is 96.3 Å². The molecule has 0 saturated carbocycles. The van der Waals surface area contributed by atoms with Gasteiger partial charge in [0, 0.05) is 19.3 Å². The highest BCUT2D eigenvalue weighted by Crippen LogP contribution is 2.13. The molecule has 6 nitrogen and oxygen atoms in total. The van der Waals surface area contributed by atoms with E-state index in [2.05, 4.69) is 93.7 Å². The molecule has 0 heterocycles. The number of allylic oxidation sites excluding steroid dienone is 12. The van der Waals surface area contributed by atoms with E-state index in [4.69, 9.17) is 14.2 Å². The smallest absolute Gasteiger partial charge is 0.306 e. The maximum Gasteiger partial charge on any atom is 0.306 e. The van der Waals surface area contributed by atoms with Gasteiger partial charge in [-0.3, -0.25) is 14.4 Å². The maximum atomic E-state index is 12.7. The molecular weight excluding hydrogens is 673 g/mol. The molecule has 0 radical (unpaired) electrons. The average molecular weight is 753 g/mol. The molecule has 308 valence electrons. The van der Waals surface area contributed by atoms with Crippen LogP contribution in [0.25, 0.3) is 0 Å². The van der Waals surface area contributed by atoms with Crippen molar-refractivity contribution < 1.29 is 28.6 Å². The number of unbranched alkanes of at least 4 members (excludes halogenated alkanes) is 15. The van der Waals surface area contributed by atoms with E-state index in [1.54, 1.807) is 0 Å². The highest BCUT2D eigenvalue weighted by molar-refractivity contribution is 5.71. The zero-order chi connectivity index (χ0) is 39.4. The van der Waals surface area contributed by atoms with Crippen LogP contribution in [-0.2, 0) is 28.6 Å². The number of hydrogen-bond donors (Lipinski definition) is 0. The Morgan fingerprint density at radius 1 is 0.389 bits per heavy atom. The Labute approximate surface area is 332 Å². The van der Waals surface area contributed by atoms with Gasteiger partial charge < -0.3 is 14.2 Å². The van der Waals surface area contributed by atoms with Crippen LogP contribution in [0, 0.1) is 0 Å². The van der Waals surface area contributed by atoms with Crippen LogP contribution in [0.1, 0.15) is 194 Å². The van der Waals surface area contributed by atoms with Gasteiger partial charge in [0.1, 0.15) is 13.2 Å². The fourth-order valence-electron chi connectivity index (χ4n) is 5.71. The third-order valence-electron chi connectivity index (χ3n) is 8.96. The van der Waals surface area contributed by atoms with E-state index in [1.807, 2.05) is 0 Å². The van der Waals surface area contributed by atoms with Crippen molar-refractivity contribution in [2.24, 2.45) is 0 Å². The predicted octanol–water partition coefficient (Wildman–Crippen LogP) is 13.9. The van der Waals surface area contributed by atoms with Crippen LogP contribution in [0.2, 0.25) is 0 Å². The van der Waals surface area contributed by atoms with Crippen LogP contribution < -0.4 is 0 Å². The fourth-order valence-corrected chi connectivity index (χ4v) is 5.71. The molecule has 0 bridgehead atoms. The lowest BCUT2D eigenvalue weighted by atomic mass is 10.1. The van der Waals surface area contributed by atoms with Gasteiger partial charge in [0.05, 0.1) is 0 Å². The fraction of sp³-hybridized carbons (Fsp3) is 0.688. The van der Waals surface area contributed by atoms with E-state index in [9.17, 15) is 14.4 Å².